The molecule has 0 spiro atoms. The molecule has 0 bridgehead atoms. The van der Waals surface area contributed by atoms with Gasteiger partial charge in [-0.25, -0.2) is 14.2 Å². The minimum absolute atomic E-state index is 0.110. The summed E-state index contributed by atoms with van der Waals surface area (Å²) in [5.41, 5.74) is 7.17. The first kappa shape index (κ1) is 21.6. The summed E-state index contributed by atoms with van der Waals surface area (Å²) in [6.07, 6.45) is 1.51. The highest BCUT2D eigenvalue weighted by Crippen LogP contribution is 2.31. The summed E-state index contributed by atoms with van der Waals surface area (Å²) in [5, 5.41) is 9.18. The van der Waals surface area contributed by atoms with Gasteiger partial charge >= 0.3 is 5.97 Å². The molecular weight excluding hydrogens is 402 g/mol. The van der Waals surface area contributed by atoms with Crippen LogP contribution in [0, 0.1) is 0 Å². The van der Waals surface area contributed by atoms with Crippen molar-refractivity contribution in [2.45, 2.75) is 44.0 Å². The van der Waals surface area contributed by atoms with Gasteiger partial charge in [-0.2, -0.15) is 10.2 Å². The molecule has 2 heterocycles. The largest absolute Gasteiger partial charge is 0.462 e. The lowest BCUT2D eigenvalue weighted by atomic mass is 10.1. The highest BCUT2D eigenvalue weighted by Gasteiger charge is 2.25. The molecule has 8 nitrogen and oxygen atoms in total. The number of carbonyl (C=O) groups is 1. The minimum Gasteiger partial charge on any atom is -0.462 e. The van der Waals surface area contributed by atoms with Crippen LogP contribution in [-0.2, 0) is 16.0 Å². The third kappa shape index (κ3) is 4.56. The number of anilines is 1. The molecule has 158 valence electrons. The molecule has 0 aliphatic carbocycles. The minimum atomic E-state index is -0.548. The number of ether oxygens (including phenoxy) is 1. The summed E-state index contributed by atoms with van der Waals surface area (Å²) in [7, 11) is 0. The maximum Gasteiger partial charge on any atom is 0.344 e. The fraction of sp³-hybridized carbons (Fsp3) is 0.333. The van der Waals surface area contributed by atoms with E-state index in [1.807, 2.05) is 51.1 Å². The number of hydrogen-bond acceptors (Lipinski definition) is 7. The van der Waals surface area contributed by atoms with Crippen molar-refractivity contribution in [2.75, 3.05) is 12.3 Å². The number of aromatic nitrogens is 4. The zero-order valence-electron chi connectivity index (χ0n) is 17.5. The number of benzene rings is 1. The van der Waals surface area contributed by atoms with E-state index >= 15 is 0 Å². The lowest BCUT2D eigenvalue weighted by molar-refractivity contribution is 0.0523. The van der Waals surface area contributed by atoms with Crippen molar-refractivity contribution in [3.8, 4) is 5.69 Å². The second-order valence-corrected chi connectivity index (χ2v) is 8.57. The second-order valence-electron chi connectivity index (χ2n) is 7.61. The summed E-state index contributed by atoms with van der Waals surface area (Å²) in [4.78, 5) is 25.1. The molecule has 9 heteroatoms. The monoisotopic (exact) mass is 427 g/mol. The van der Waals surface area contributed by atoms with Gasteiger partial charge in [0.15, 0.2) is 0 Å². The van der Waals surface area contributed by atoms with Crippen LogP contribution in [0.25, 0.3) is 5.69 Å². The number of nitrogens with two attached hydrogens (primary N) is 1. The maximum absolute atomic E-state index is 12.5. The molecule has 0 aliphatic rings. The SMILES string of the molecule is CCOC(=O)c1c(SCc2ccccc2)nn(-c2cnn(C(C)(C)C)c(=O)c2)c1N. The lowest BCUT2D eigenvalue weighted by Crippen LogP contribution is -2.35. The molecule has 0 fully saturated rings. The molecule has 0 saturated heterocycles. The number of carbonyl (C=O) groups excluding carboxylic acids is 1. The van der Waals surface area contributed by atoms with E-state index in [1.54, 1.807) is 6.92 Å². The molecule has 1 aromatic carbocycles. The second kappa shape index (κ2) is 8.74. The van der Waals surface area contributed by atoms with Crippen molar-refractivity contribution < 1.29 is 9.53 Å². The van der Waals surface area contributed by atoms with Gasteiger partial charge in [0.25, 0.3) is 5.56 Å². The Morgan fingerprint density at radius 3 is 2.53 bits per heavy atom. The third-order valence-corrected chi connectivity index (χ3v) is 5.29. The normalized spacial score (nSPS) is 11.5. The quantitative estimate of drug-likeness (QED) is 0.475. The van der Waals surface area contributed by atoms with Crippen LogP contribution in [0.4, 0.5) is 5.82 Å². The summed E-state index contributed by atoms with van der Waals surface area (Å²) < 4.78 is 7.92. The highest BCUT2D eigenvalue weighted by molar-refractivity contribution is 7.98. The molecular formula is C21H25N5O3S. The van der Waals surface area contributed by atoms with Crippen LogP contribution in [0.2, 0.25) is 0 Å². The van der Waals surface area contributed by atoms with Crippen LogP contribution in [0.15, 0.2) is 52.4 Å². The van der Waals surface area contributed by atoms with Gasteiger partial charge in [0.2, 0.25) is 0 Å². The molecule has 3 aromatic rings. The Bertz CT molecular complexity index is 1100. The Morgan fingerprint density at radius 1 is 1.23 bits per heavy atom. The summed E-state index contributed by atoms with van der Waals surface area (Å²) >= 11 is 1.38. The molecule has 30 heavy (non-hydrogen) atoms. The molecule has 0 radical (unpaired) electrons. The van der Waals surface area contributed by atoms with Gasteiger partial charge in [-0.05, 0) is 33.3 Å². The predicted octanol–water partition coefficient (Wildman–Crippen LogP) is 3.24. The molecule has 2 aromatic heterocycles. The van der Waals surface area contributed by atoms with Crippen LogP contribution in [-0.4, -0.2) is 32.1 Å². The van der Waals surface area contributed by atoms with E-state index in [2.05, 4.69) is 10.2 Å². The Balaban J connectivity index is 2.02. The first-order valence-corrected chi connectivity index (χ1v) is 10.5. The third-order valence-electron chi connectivity index (χ3n) is 4.25. The number of hydrogen-bond donors (Lipinski definition) is 1. The molecule has 0 saturated carbocycles. The number of nitrogen functional groups attached to an aromatic ring is 1. The van der Waals surface area contributed by atoms with Crippen LogP contribution in [0.3, 0.4) is 0 Å². The van der Waals surface area contributed by atoms with Gasteiger partial charge in [0.05, 0.1) is 24.0 Å². The van der Waals surface area contributed by atoms with Crippen LogP contribution >= 0.6 is 11.8 Å². The van der Waals surface area contributed by atoms with Gasteiger partial charge in [-0.15, -0.1) is 0 Å². The maximum atomic E-state index is 12.5. The van der Waals surface area contributed by atoms with Crippen LogP contribution < -0.4 is 11.3 Å². The predicted molar refractivity (Wildman–Crippen MR) is 117 cm³/mol. The van der Waals surface area contributed by atoms with E-state index in [0.29, 0.717) is 16.5 Å². The number of rotatable bonds is 6. The lowest BCUT2D eigenvalue weighted by Gasteiger charge is -2.20. The van der Waals surface area contributed by atoms with E-state index in [0.717, 1.165) is 5.56 Å². The Kier molecular flexibility index (Phi) is 6.31. The molecule has 0 aliphatic heterocycles. The van der Waals surface area contributed by atoms with E-state index in [9.17, 15) is 9.59 Å². The average molecular weight is 428 g/mol. The summed E-state index contributed by atoms with van der Waals surface area (Å²) in [5.74, 6) is 0.166. The number of thioether (sulfide) groups is 1. The van der Waals surface area contributed by atoms with Crippen LogP contribution in [0.5, 0.6) is 0 Å². The smallest absolute Gasteiger partial charge is 0.344 e. The van der Waals surface area contributed by atoms with E-state index in [-0.39, 0.29) is 23.5 Å². The standard InChI is InChI=1S/C21H25N5O3S/c1-5-29-20(28)17-18(22)25(15-11-16(27)26(23-12-15)21(2,3)4)24-19(17)30-13-14-9-7-6-8-10-14/h6-12H,5,13,22H2,1-4H3. The average Bonchev–Trinajstić information content (AvgIpc) is 3.02. The zero-order valence-corrected chi connectivity index (χ0v) is 18.3. The number of esters is 1. The van der Waals surface area contributed by atoms with E-state index < -0.39 is 11.5 Å². The summed E-state index contributed by atoms with van der Waals surface area (Å²) in [6, 6.07) is 11.2. The van der Waals surface area contributed by atoms with Crippen molar-refractivity contribution >= 4 is 23.5 Å². The van der Waals surface area contributed by atoms with Gasteiger partial charge in [-0.1, -0.05) is 42.1 Å². The van der Waals surface area contributed by atoms with Crippen LogP contribution in [0.1, 0.15) is 43.6 Å². The molecule has 2 N–H and O–H groups in total. The van der Waals surface area contributed by atoms with Crippen molar-refractivity contribution in [3.05, 3.63) is 64.1 Å². The Labute approximate surface area is 179 Å². The molecule has 0 unspecified atom stereocenters. The van der Waals surface area contributed by atoms with Crippen molar-refractivity contribution in [1.29, 1.82) is 0 Å². The van der Waals surface area contributed by atoms with Gasteiger partial charge in [0.1, 0.15) is 16.4 Å². The Morgan fingerprint density at radius 2 is 1.93 bits per heavy atom. The topological polar surface area (TPSA) is 105 Å². The first-order valence-electron chi connectivity index (χ1n) is 9.55. The molecule has 0 atom stereocenters. The molecule has 0 amide bonds. The van der Waals surface area contributed by atoms with Crippen molar-refractivity contribution in [1.82, 2.24) is 19.6 Å². The number of nitrogens with zero attached hydrogens (tertiary/aromatic N) is 4. The fourth-order valence-electron chi connectivity index (χ4n) is 2.85. The zero-order chi connectivity index (χ0) is 21.9. The molecule has 3 rings (SSSR count). The first-order chi connectivity index (χ1) is 14.2. The van der Waals surface area contributed by atoms with E-state index in [1.165, 1.54) is 33.4 Å². The highest BCUT2D eigenvalue weighted by atomic mass is 32.2. The van der Waals surface area contributed by atoms with E-state index in [4.69, 9.17) is 10.5 Å². The van der Waals surface area contributed by atoms with Gasteiger partial charge in [0, 0.05) is 11.8 Å². The fourth-order valence-corrected chi connectivity index (χ4v) is 3.81. The van der Waals surface area contributed by atoms with Crippen molar-refractivity contribution in [2.24, 2.45) is 0 Å². The Hall–Kier alpha value is -3.07. The van der Waals surface area contributed by atoms with Crippen molar-refractivity contribution in [3.63, 3.8) is 0 Å². The summed E-state index contributed by atoms with van der Waals surface area (Å²) in [6.45, 7) is 7.61. The van der Waals surface area contributed by atoms with Gasteiger partial charge in [-0.3, -0.25) is 4.79 Å². The van der Waals surface area contributed by atoms with Gasteiger partial charge < -0.3 is 10.5 Å².